The van der Waals surface area contributed by atoms with Gasteiger partial charge in [-0.05, 0) is 5.56 Å². The van der Waals surface area contributed by atoms with Crippen LogP contribution in [0.2, 0.25) is 0 Å². The molecule has 0 saturated carbocycles. The van der Waals surface area contributed by atoms with E-state index in [0.29, 0.717) is 13.2 Å². The first-order valence-corrected chi connectivity index (χ1v) is 6.89. The van der Waals surface area contributed by atoms with Crippen molar-refractivity contribution in [3.8, 4) is 11.5 Å². The average molecular weight is 268 g/mol. The van der Waals surface area contributed by atoms with Gasteiger partial charge < -0.3 is 20.1 Å². The van der Waals surface area contributed by atoms with Gasteiger partial charge in [-0.3, -0.25) is 0 Å². The van der Waals surface area contributed by atoms with E-state index in [0.717, 1.165) is 29.4 Å². The lowest BCUT2D eigenvalue weighted by Gasteiger charge is -2.30. The highest BCUT2D eigenvalue weighted by Gasteiger charge is 2.22. The Hall–Kier alpha value is -2.36. The third kappa shape index (κ3) is 1.93. The number of rotatable bonds is 1. The summed E-state index contributed by atoms with van der Waals surface area (Å²) in [6.07, 6.45) is 0. The summed E-state index contributed by atoms with van der Waals surface area (Å²) in [6.45, 7) is 2.09. The number of ether oxygens (including phenoxy) is 2. The standard InChI is InChI=1S/C16H16N2O2/c1-2-4-11(5-3-1)14-10-17-12-8-15-16(9-13(12)18-14)20-7-6-19-15/h1-5,8-9,14,17-18H,6-7,10H2. The first-order chi connectivity index (χ1) is 9.90. The molecule has 2 heterocycles. The summed E-state index contributed by atoms with van der Waals surface area (Å²) in [5.41, 5.74) is 3.41. The Kier molecular flexibility index (Phi) is 2.66. The Labute approximate surface area is 117 Å². The van der Waals surface area contributed by atoms with Crippen molar-refractivity contribution in [2.24, 2.45) is 0 Å². The molecule has 0 amide bonds. The smallest absolute Gasteiger partial charge is 0.163 e. The topological polar surface area (TPSA) is 42.5 Å². The zero-order valence-corrected chi connectivity index (χ0v) is 11.1. The van der Waals surface area contributed by atoms with Crippen molar-refractivity contribution in [1.29, 1.82) is 0 Å². The molecule has 0 fully saturated rings. The molecule has 1 atom stereocenters. The van der Waals surface area contributed by atoms with E-state index in [2.05, 4.69) is 34.9 Å². The van der Waals surface area contributed by atoms with Crippen LogP contribution in [0.4, 0.5) is 11.4 Å². The van der Waals surface area contributed by atoms with Crippen LogP contribution in [0.25, 0.3) is 0 Å². The summed E-state index contributed by atoms with van der Waals surface area (Å²) in [5, 5.41) is 7.03. The van der Waals surface area contributed by atoms with Gasteiger partial charge in [-0.1, -0.05) is 30.3 Å². The normalized spacial score (nSPS) is 19.5. The third-order valence-corrected chi connectivity index (χ3v) is 3.71. The molecular formula is C16H16N2O2. The van der Waals surface area contributed by atoms with Gasteiger partial charge in [0.15, 0.2) is 11.5 Å². The van der Waals surface area contributed by atoms with Gasteiger partial charge in [0.25, 0.3) is 0 Å². The van der Waals surface area contributed by atoms with Gasteiger partial charge in [-0.15, -0.1) is 0 Å². The fourth-order valence-electron chi connectivity index (χ4n) is 2.69. The molecule has 20 heavy (non-hydrogen) atoms. The fourth-order valence-corrected chi connectivity index (χ4v) is 2.69. The van der Waals surface area contributed by atoms with Crippen molar-refractivity contribution in [2.45, 2.75) is 6.04 Å². The van der Waals surface area contributed by atoms with Crippen LogP contribution in [0, 0.1) is 0 Å². The minimum absolute atomic E-state index is 0.270. The summed E-state index contributed by atoms with van der Waals surface area (Å²) in [7, 11) is 0. The monoisotopic (exact) mass is 268 g/mol. The second-order valence-corrected chi connectivity index (χ2v) is 5.03. The number of benzene rings is 2. The van der Waals surface area contributed by atoms with Crippen LogP contribution in [0.3, 0.4) is 0 Å². The number of anilines is 2. The molecule has 4 rings (SSSR count). The van der Waals surface area contributed by atoms with E-state index in [1.54, 1.807) is 0 Å². The van der Waals surface area contributed by atoms with Crippen LogP contribution in [-0.4, -0.2) is 19.8 Å². The second kappa shape index (κ2) is 4.63. The van der Waals surface area contributed by atoms with Crippen molar-refractivity contribution in [2.75, 3.05) is 30.4 Å². The summed E-state index contributed by atoms with van der Waals surface area (Å²) in [4.78, 5) is 0. The van der Waals surface area contributed by atoms with E-state index < -0.39 is 0 Å². The van der Waals surface area contributed by atoms with Gasteiger partial charge in [0, 0.05) is 18.7 Å². The molecule has 2 aromatic carbocycles. The highest BCUT2D eigenvalue weighted by Crippen LogP contribution is 2.41. The van der Waals surface area contributed by atoms with Crippen molar-refractivity contribution >= 4 is 11.4 Å². The summed E-state index contributed by atoms with van der Waals surface area (Å²) < 4.78 is 11.2. The van der Waals surface area contributed by atoms with E-state index in [4.69, 9.17) is 9.47 Å². The van der Waals surface area contributed by atoms with E-state index in [9.17, 15) is 0 Å². The highest BCUT2D eigenvalue weighted by atomic mass is 16.6. The molecule has 2 aliphatic heterocycles. The minimum atomic E-state index is 0.270. The second-order valence-electron chi connectivity index (χ2n) is 5.03. The molecular weight excluding hydrogens is 252 g/mol. The van der Waals surface area contributed by atoms with Crippen molar-refractivity contribution in [3.05, 3.63) is 48.0 Å². The predicted octanol–water partition coefficient (Wildman–Crippen LogP) is 3.04. The average Bonchev–Trinajstić information content (AvgIpc) is 2.53. The lowest BCUT2D eigenvalue weighted by Crippen LogP contribution is -2.26. The highest BCUT2D eigenvalue weighted by molar-refractivity contribution is 5.76. The third-order valence-electron chi connectivity index (χ3n) is 3.71. The Balaban J connectivity index is 1.66. The number of hydrogen-bond donors (Lipinski definition) is 2. The first kappa shape index (κ1) is 11.5. The maximum absolute atomic E-state index is 5.64. The number of nitrogens with one attached hydrogen (secondary N) is 2. The molecule has 0 bridgehead atoms. The summed E-state index contributed by atoms with van der Waals surface area (Å²) in [6, 6.07) is 14.8. The zero-order chi connectivity index (χ0) is 13.4. The Bertz CT molecular complexity index is 628. The minimum Gasteiger partial charge on any atom is -0.486 e. The maximum Gasteiger partial charge on any atom is 0.163 e. The van der Waals surface area contributed by atoms with Gasteiger partial charge in [-0.2, -0.15) is 0 Å². The van der Waals surface area contributed by atoms with Gasteiger partial charge in [0.05, 0.1) is 17.4 Å². The molecule has 1 unspecified atom stereocenters. The molecule has 0 spiro atoms. The first-order valence-electron chi connectivity index (χ1n) is 6.89. The molecule has 4 nitrogen and oxygen atoms in total. The Morgan fingerprint density at radius 1 is 0.900 bits per heavy atom. The van der Waals surface area contributed by atoms with E-state index in [1.165, 1.54) is 5.56 Å². The van der Waals surface area contributed by atoms with Crippen LogP contribution in [0.1, 0.15) is 11.6 Å². The molecule has 2 aliphatic rings. The van der Waals surface area contributed by atoms with Crippen LogP contribution in [0.15, 0.2) is 42.5 Å². The lowest BCUT2D eigenvalue weighted by atomic mass is 10.0. The molecule has 0 radical (unpaired) electrons. The molecule has 0 aromatic heterocycles. The number of hydrogen-bond acceptors (Lipinski definition) is 4. The van der Waals surface area contributed by atoms with Crippen molar-refractivity contribution in [1.82, 2.24) is 0 Å². The van der Waals surface area contributed by atoms with Gasteiger partial charge >= 0.3 is 0 Å². The lowest BCUT2D eigenvalue weighted by molar-refractivity contribution is 0.172. The van der Waals surface area contributed by atoms with Gasteiger partial charge in [0.1, 0.15) is 13.2 Å². The Morgan fingerprint density at radius 3 is 2.35 bits per heavy atom. The molecule has 4 heteroatoms. The van der Waals surface area contributed by atoms with Gasteiger partial charge in [0.2, 0.25) is 0 Å². The Morgan fingerprint density at radius 2 is 1.60 bits per heavy atom. The molecule has 2 aromatic rings. The molecule has 0 aliphatic carbocycles. The summed E-state index contributed by atoms with van der Waals surface area (Å²) >= 11 is 0. The van der Waals surface area contributed by atoms with E-state index in [1.807, 2.05) is 18.2 Å². The molecule has 102 valence electrons. The molecule has 0 saturated heterocycles. The van der Waals surface area contributed by atoms with Crippen molar-refractivity contribution in [3.63, 3.8) is 0 Å². The predicted molar refractivity (Wildman–Crippen MR) is 78.7 cm³/mol. The summed E-state index contributed by atoms with van der Waals surface area (Å²) in [5.74, 6) is 1.64. The number of fused-ring (bicyclic) bond motifs is 2. The van der Waals surface area contributed by atoms with Crippen molar-refractivity contribution < 1.29 is 9.47 Å². The van der Waals surface area contributed by atoms with Crippen LogP contribution >= 0.6 is 0 Å². The quantitative estimate of drug-likeness (QED) is 0.834. The zero-order valence-electron chi connectivity index (χ0n) is 11.1. The van der Waals surface area contributed by atoms with Crippen LogP contribution in [-0.2, 0) is 0 Å². The SMILES string of the molecule is c1ccc(C2CNc3cc4c(cc3N2)OCCO4)cc1. The fraction of sp³-hybridized carbons (Fsp3) is 0.250. The largest absolute Gasteiger partial charge is 0.486 e. The van der Waals surface area contributed by atoms with E-state index in [-0.39, 0.29) is 6.04 Å². The van der Waals surface area contributed by atoms with Gasteiger partial charge in [-0.25, -0.2) is 0 Å². The van der Waals surface area contributed by atoms with Crippen LogP contribution < -0.4 is 20.1 Å². The molecule has 2 N–H and O–H groups in total. The van der Waals surface area contributed by atoms with Crippen LogP contribution in [0.5, 0.6) is 11.5 Å². The maximum atomic E-state index is 5.64. The van der Waals surface area contributed by atoms with E-state index >= 15 is 0 Å².